The molecule has 2 rings (SSSR count). The SMILES string of the molecule is Cn1c(=O)n(CC(=O)NCC(O)C(C)(C)C)c2ccccc21. The smallest absolute Gasteiger partial charge is 0.329 e. The van der Waals surface area contributed by atoms with E-state index in [2.05, 4.69) is 5.32 Å². The van der Waals surface area contributed by atoms with Gasteiger partial charge in [0.25, 0.3) is 0 Å². The van der Waals surface area contributed by atoms with Gasteiger partial charge in [0.1, 0.15) is 6.54 Å². The molecule has 1 heterocycles. The number of imidazole rings is 1. The van der Waals surface area contributed by atoms with Gasteiger partial charge in [0, 0.05) is 13.6 Å². The van der Waals surface area contributed by atoms with Crippen LogP contribution in [0.25, 0.3) is 11.0 Å². The van der Waals surface area contributed by atoms with Crippen molar-refractivity contribution in [2.24, 2.45) is 12.5 Å². The molecule has 1 aromatic carbocycles. The molecule has 0 saturated heterocycles. The van der Waals surface area contributed by atoms with Crippen molar-refractivity contribution >= 4 is 16.9 Å². The number of amides is 1. The van der Waals surface area contributed by atoms with Gasteiger partial charge in [0.2, 0.25) is 5.91 Å². The second kappa shape index (κ2) is 5.96. The molecule has 2 aromatic rings. The molecule has 0 aliphatic rings. The van der Waals surface area contributed by atoms with Crippen molar-refractivity contribution < 1.29 is 9.90 Å². The van der Waals surface area contributed by atoms with Crippen LogP contribution in [0, 0.1) is 5.41 Å². The molecule has 1 amide bonds. The number of nitrogens with one attached hydrogen (secondary N) is 1. The number of hydrogen-bond acceptors (Lipinski definition) is 3. The zero-order chi connectivity index (χ0) is 16.5. The highest BCUT2D eigenvalue weighted by molar-refractivity contribution is 5.80. The van der Waals surface area contributed by atoms with Crippen LogP contribution in [-0.2, 0) is 18.4 Å². The van der Waals surface area contributed by atoms with Gasteiger partial charge >= 0.3 is 5.69 Å². The summed E-state index contributed by atoms with van der Waals surface area (Å²) in [7, 11) is 1.68. The van der Waals surface area contributed by atoms with Crippen LogP contribution >= 0.6 is 0 Å². The van der Waals surface area contributed by atoms with Gasteiger partial charge < -0.3 is 10.4 Å². The van der Waals surface area contributed by atoms with Gasteiger partial charge in [-0.3, -0.25) is 13.9 Å². The fourth-order valence-corrected chi connectivity index (χ4v) is 2.23. The minimum absolute atomic E-state index is 0.0585. The zero-order valence-electron chi connectivity index (χ0n) is 13.5. The quantitative estimate of drug-likeness (QED) is 0.880. The molecule has 0 aliphatic carbocycles. The fourth-order valence-electron chi connectivity index (χ4n) is 2.23. The van der Waals surface area contributed by atoms with E-state index >= 15 is 0 Å². The van der Waals surface area contributed by atoms with E-state index in [1.54, 1.807) is 7.05 Å². The van der Waals surface area contributed by atoms with E-state index in [1.807, 2.05) is 45.0 Å². The molecule has 1 aromatic heterocycles. The number of carbonyl (C=O) groups excluding carboxylic acids is 1. The predicted molar refractivity (Wildman–Crippen MR) is 85.7 cm³/mol. The van der Waals surface area contributed by atoms with Crippen LogP contribution in [0.2, 0.25) is 0 Å². The number of aromatic nitrogens is 2. The second-order valence-corrected chi connectivity index (χ2v) is 6.60. The van der Waals surface area contributed by atoms with Crippen LogP contribution in [0.3, 0.4) is 0 Å². The first-order valence-electron chi connectivity index (χ1n) is 7.31. The summed E-state index contributed by atoms with van der Waals surface area (Å²) in [5.41, 5.74) is 0.980. The van der Waals surface area contributed by atoms with Gasteiger partial charge in [0.05, 0.1) is 17.1 Å². The molecule has 1 unspecified atom stereocenters. The number of aryl methyl sites for hydroxylation is 1. The van der Waals surface area contributed by atoms with Crippen molar-refractivity contribution in [3.8, 4) is 0 Å². The molecule has 0 spiro atoms. The van der Waals surface area contributed by atoms with Crippen molar-refractivity contribution in [2.75, 3.05) is 6.54 Å². The summed E-state index contributed by atoms with van der Waals surface area (Å²) >= 11 is 0. The molecule has 2 N–H and O–H groups in total. The monoisotopic (exact) mass is 305 g/mol. The molecular formula is C16H23N3O3. The van der Waals surface area contributed by atoms with E-state index in [-0.39, 0.29) is 30.1 Å². The topological polar surface area (TPSA) is 76.3 Å². The van der Waals surface area contributed by atoms with E-state index in [0.29, 0.717) is 0 Å². The summed E-state index contributed by atoms with van der Waals surface area (Å²) in [5.74, 6) is -0.290. The zero-order valence-corrected chi connectivity index (χ0v) is 13.5. The lowest BCUT2D eigenvalue weighted by molar-refractivity contribution is -0.122. The highest BCUT2D eigenvalue weighted by Gasteiger charge is 2.22. The van der Waals surface area contributed by atoms with Crippen LogP contribution in [0.1, 0.15) is 20.8 Å². The number of carbonyl (C=O) groups is 1. The second-order valence-electron chi connectivity index (χ2n) is 6.60. The number of para-hydroxylation sites is 2. The Kier molecular flexibility index (Phi) is 4.42. The maximum atomic E-state index is 12.2. The average Bonchev–Trinajstić information content (AvgIpc) is 2.69. The van der Waals surface area contributed by atoms with Crippen LogP contribution in [0.5, 0.6) is 0 Å². The van der Waals surface area contributed by atoms with Gasteiger partial charge in [-0.15, -0.1) is 0 Å². The molecule has 6 heteroatoms. The van der Waals surface area contributed by atoms with Crippen molar-refractivity contribution in [2.45, 2.75) is 33.4 Å². The lowest BCUT2D eigenvalue weighted by Crippen LogP contribution is -2.41. The molecule has 0 saturated carbocycles. The van der Waals surface area contributed by atoms with Crippen molar-refractivity contribution in [3.05, 3.63) is 34.7 Å². The van der Waals surface area contributed by atoms with Crippen LogP contribution in [0.4, 0.5) is 0 Å². The largest absolute Gasteiger partial charge is 0.391 e. The minimum atomic E-state index is -0.638. The third-order valence-corrected chi connectivity index (χ3v) is 3.85. The van der Waals surface area contributed by atoms with E-state index in [4.69, 9.17) is 0 Å². The third-order valence-electron chi connectivity index (χ3n) is 3.85. The Morgan fingerprint density at radius 2 is 1.86 bits per heavy atom. The van der Waals surface area contributed by atoms with E-state index in [9.17, 15) is 14.7 Å². The van der Waals surface area contributed by atoms with E-state index in [0.717, 1.165) is 11.0 Å². The molecule has 0 fully saturated rings. The van der Waals surface area contributed by atoms with E-state index in [1.165, 1.54) is 9.13 Å². The average molecular weight is 305 g/mol. The van der Waals surface area contributed by atoms with Crippen LogP contribution < -0.4 is 11.0 Å². The van der Waals surface area contributed by atoms with Gasteiger partial charge in [-0.25, -0.2) is 4.79 Å². The Hall–Kier alpha value is -2.08. The minimum Gasteiger partial charge on any atom is -0.391 e. The van der Waals surface area contributed by atoms with Crippen LogP contribution in [-0.4, -0.2) is 32.8 Å². The molecule has 22 heavy (non-hydrogen) atoms. The first-order valence-corrected chi connectivity index (χ1v) is 7.31. The number of aliphatic hydroxyl groups is 1. The highest BCUT2D eigenvalue weighted by Crippen LogP contribution is 2.18. The van der Waals surface area contributed by atoms with Gasteiger partial charge in [-0.1, -0.05) is 32.9 Å². The number of benzene rings is 1. The van der Waals surface area contributed by atoms with Crippen molar-refractivity contribution in [1.29, 1.82) is 0 Å². The maximum absolute atomic E-state index is 12.2. The Balaban J connectivity index is 2.13. The van der Waals surface area contributed by atoms with Gasteiger partial charge in [-0.05, 0) is 17.5 Å². The fraction of sp³-hybridized carbons (Fsp3) is 0.500. The van der Waals surface area contributed by atoms with Crippen molar-refractivity contribution in [3.63, 3.8) is 0 Å². The summed E-state index contributed by atoms with van der Waals surface area (Å²) in [6.45, 7) is 5.82. The highest BCUT2D eigenvalue weighted by atomic mass is 16.3. The van der Waals surface area contributed by atoms with E-state index < -0.39 is 6.10 Å². The lowest BCUT2D eigenvalue weighted by Gasteiger charge is -2.25. The summed E-state index contributed by atoms with van der Waals surface area (Å²) in [6, 6.07) is 7.34. The summed E-state index contributed by atoms with van der Waals surface area (Å²) in [5, 5.41) is 12.6. The number of hydrogen-bond donors (Lipinski definition) is 2. The number of aliphatic hydroxyl groups excluding tert-OH is 1. The predicted octanol–water partition coefficient (Wildman–Crippen LogP) is 0.863. The Morgan fingerprint density at radius 3 is 2.45 bits per heavy atom. The standard InChI is InChI=1S/C16H23N3O3/c1-16(2,3)13(20)9-17-14(21)10-19-12-8-6-5-7-11(12)18(4)15(19)22/h5-8,13,20H,9-10H2,1-4H3,(H,17,21). The third kappa shape index (κ3) is 3.22. The first-order chi connectivity index (χ1) is 10.2. The molecule has 6 nitrogen and oxygen atoms in total. The lowest BCUT2D eigenvalue weighted by atomic mass is 9.89. The Morgan fingerprint density at radius 1 is 1.27 bits per heavy atom. The van der Waals surface area contributed by atoms with Gasteiger partial charge in [-0.2, -0.15) is 0 Å². The summed E-state index contributed by atoms with van der Waals surface area (Å²) in [4.78, 5) is 24.3. The molecular weight excluding hydrogens is 282 g/mol. The first kappa shape index (κ1) is 16.3. The molecule has 0 bridgehead atoms. The summed E-state index contributed by atoms with van der Waals surface area (Å²) < 4.78 is 2.96. The maximum Gasteiger partial charge on any atom is 0.329 e. The molecule has 120 valence electrons. The number of nitrogens with zero attached hydrogens (tertiary/aromatic N) is 2. The number of fused-ring (bicyclic) bond motifs is 1. The van der Waals surface area contributed by atoms with Crippen LogP contribution in [0.15, 0.2) is 29.1 Å². The normalized spacial score (nSPS) is 13.3. The summed E-state index contributed by atoms with van der Waals surface area (Å²) in [6.07, 6.45) is -0.638. The Bertz CT molecular complexity index is 737. The number of rotatable bonds is 4. The molecule has 0 aliphatic heterocycles. The molecule has 0 radical (unpaired) electrons. The Labute approximate surface area is 129 Å². The van der Waals surface area contributed by atoms with Crippen molar-refractivity contribution in [1.82, 2.24) is 14.5 Å². The molecule has 1 atom stereocenters. The van der Waals surface area contributed by atoms with Gasteiger partial charge in [0.15, 0.2) is 0 Å².